The van der Waals surface area contributed by atoms with Gasteiger partial charge < -0.3 is 5.73 Å². The Balaban J connectivity index is 1.58. The molecule has 2 heterocycles. The lowest BCUT2D eigenvalue weighted by atomic mass is 10.1. The zero-order chi connectivity index (χ0) is 14.7. The molecule has 0 aromatic heterocycles. The quantitative estimate of drug-likeness (QED) is 0.924. The van der Waals surface area contributed by atoms with Gasteiger partial charge in [0.1, 0.15) is 5.82 Å². The van der Waals surface area contributed by atoms with Gasteiger partial charge in [-0.1, -0.05) is 12.5 Å². The second-order valence-corrected chi connectivity index (χ2v) is 6.45. The first kappa shape index (κ1) is 14.9. The Morgan fingerprint density at radius 2 is 1.81 bits per heavy atom. The van der Waals surface area contributed by atoms with E-state index >= 15 is 0 Å². The molecule has 3 nitrogen and oxygen atoms in total. The predicted molar refractivity (Wildman–Crippen MR) is 83.4 cm³/mol. The molecule has 0 saturated carbocycles. The van der Waals surface area contributed by atoms with Crippen LogP contribution in [0.4, 0.5) is 4.39 Å². The molecule has 0 bridgehead atoms. The summed E-state index contributed by atoms with van der Waals surface area (Å²) >= 11 is 0. The minimum atomic E-state index is -0.167. The smallest absolute Gasteiger partial charge is 0.123 e. The minimum Gasteiger partial charge on any atom is -0.326 e. The number of hydrogen-bond acceptors (Lipinski definition) is 3. The van der Waals surface area contributed by atoms with Gasteiger partial charge in [0.2, 0.25) is 0 Å². The fourth-order valence-electron chi connectivity index (χ4n) is 3.72. The number of nitrogens with zero attached hydrogens (tertiary/aromatic N) is 2. The monoisotopic (exact) mass is 291 g/mol. The molecule has 4 heteroatoms. The topological polar surface area (TPSA) is 32.5 Å². The van der Waals surface area contributed by atoms with Gasteiger partial charge in [-0.05, 0) is 55.6 Å². The summed E-state index contributed by atoms with van der Waals surface area (Å²) in [4.78, 5) is 5.11. The number of nitrogens with two attached hydrogens (primary N) is 1. The molecule has 116 valence electrons. The van der Waals surface area contributed by atoms with E-state index in [1.54, 1.807) is 6.07 Å². The van der Waals surface area contributed by atoms with E-state index in [0.717, 1.165) is 30.8 Å². The molecule has 1 aromatic carbocycles. The van der Waals surface area contributed by atoms with Crippen molar-refractivity contribution in [3.8, 4) is 0 Å². The molecule has 2 aliphatic rings. The van der Waals surface area contributed by atoms with Gasteiger partial charge in [0.15, 0.2) is 0 Å². The fourth-order valence-corrected chi connectivity index (χ4v) is 3.72. The van der Waals surface area contributed by atoms with Crippen LogP contribution in [-0.2, 0) is 13.1 Å². The van der Waals surface area contributed by atoms with Gasteiger partial charge in [0.25, 0.3) is 0 Å². The van der Waals surface area contributed by atoms with E-state index in [1.165, 1.54) is 44.8 Å². The minimum absolute atomic E-state index is 0.167. The molecule has 0 aliphatic carbocycles. The molecule has 2 saturated heterocycles. The zero-order valence-electron chi connectivity index (χ0n) is 12.7. The van der Waals surface area contributed by atoms with Crippen molar-refractivity contribution in [3.63, 3.8) is 0 Å². The highest BCUT2D eigenvalue weighted by Gasteiger charge is 2.28. The van der Waals surface area contributed by atoms with Crippen molar-refractivity contribution in [2.45, 2.75) is 44.8 Å². The average molecular weight is 291 g/mol. The maximum absolute atomic E-state index is 13.6. The molecule has 0 spiro atoms. The van der Waals surface area contributed by atoms with Crippen molar-refractivity contribution in [3.05, 3.63) is 35.1 Å². The summed E-state index contributed by atoms with van der Waals surface area (Å²) in [5, 5.41) is 0. The maximum atomic E-state index is 13.6. The summed E-state index contributed by atoms with van der Waals surface area (Å²) in [5.74, 6) is -0.167. The predicted octanol–water partition coefficient (Wildman–Crippen LogP) is 2.34. The number of rotatable bonds is 4. The maximum Gasteiger partial charge on any atom is 0.123 e. The van der Waals surface area contributed by atoms with Crippen LogP contribution in [0.1, 0.15) is 36.8 Å². The molecule has 0 amide bonds. The van der Waals surface area contributed by atoms with E-state index < -0.39 is 0 Å². The normalized spacial score (nSPS) is 24.6. The Morgan fingerprint density at radius 3 is 2.57 bits per heavy atom. The third-order valence-corrected chi connectivity index (χ3v) is 4.81. The third kappa shape index (κ3) is 3.82. The van der Waals surface area contributed by atoms with Gasteiger partial charge in [-0.15, -0.1) is 0 Å². The summed E-state index contributed by atoms with van der Waals surface area (Å²) in [6.07, 6.45) is 5.33. The zero-order valence-corrected chi connectivity index (χ0v) is 12.7. The lowest BCUT2D eigenvalue weighted by molar-refractivity contribution is 0.161. The van der Waals surface area contributed by atoms with Crippen LogP contribution < -0.4 is 5.73 Å². The Bertz CT molecular complexity index is 471. The van der Waals surface area contributed by atoms with Crippen LogP contribution in [-0.4, -0.2) is 42.0 Å². The lowest BCUT2D eigenvalue weighted by Crippen LogP contribution is -2.40. The van der Waals surface area contributed by atoms with E-state index in [1.807, 2.05) is 6.07 Å². The van der Waals surface area contributed by atoms with Gasteiger partial charge in [0, 0.05) is 32.2 Å². The van der Waals surface area contributed by atoms with Crippen molar-refractivity contribution in [2.24, 2.45) is 5.73 Å². The van der Waals surface area contributed by atoms with Gasteiger partial charge in [0.05, 0.1) is 0 Å². The van der Waals surface area contributed by atoms with Gasteiger partial charge in [-0.25, -0.2) is 4.39 Å². The fraction of sp³-hybridized carbons (Fsp3) is 0.647. The first-order chi connectivity index (χ1) is 10.2. The summed E-state index contributed by atoms with van der Waals surface area (Å²) < 4.78 is 13.6. The molecule has 0 radical (unpaired) electrons. The SMILES string of the molecule is NCc1cc(F)cc(CN2CCC(N3CCCCC3)C2)c1. The molecular weight excluding hydrogens is 265 g/mol. The van der Waals surface area contributed by atoms with Crippen LogP contribution >= 0.6 is 0 Å². The molecule has 21 heavy (non-hydrogen) atoms. The van der Waals surface area contributed by atoms with Crippen LogP contribution in [0.25, 0.3) is 0 Å². The van der Waals surface area contributed by atoms with Gasteiger partial charge >= 0.3 is 0 Å². The van der Waals surface area contributed by atoms with Crippen LogP contribution in [0.15, 0.2) is 18.2 Å². The largest absolute Gasteiger partial charge is 0.326 e. The van der Waals surface area contributed by atoms with Gasteiger partial charge in [-0.2, -0.15) is 0 Å². The van der Waals surface area contributed by atoms with Crippen molar-refractivity contribution in [2.75, 3.05) is 26.2 Å². The first-order valence-corrected chi connectivity index (χ1v) is 8.19. The van der Waals surface area contributed by atoms with Crippen LogP contribution in [0.3, 0.4) is 0 Å². The number of likely N-dealkylation sites (tertiary alicyclic amines) is 2. The molecule has 1 aromatic rings. The van der Waals surface area contributed by atoms with Crippen molar-refractivity contribution >= 4 is 0 Å². The standard InChI is InChI=1S/C17H26FN3/c18-16-9-14(11-19)8-15(10-16)12-20-7-4-17(13-20)21-5-2-1-3-6-21/h8-10,17H,1-7,11-13,19H2. The lowest BCUT2D eigenvalue weighted by Gasteiger charge is -2.32. The van der Waals surface area contributed by atoms with Crippen LogP contribution in [0.2, 0.25) is 0 Å². The Hall–Kier alpha value is -0.970. The molecule has 1 unspecified atom stereocenters. The average Bonchev–Trinajstić information content (AvgIpc) is 2.96. The van der Waals surface area contributed by atoms with Crippen LogP contribution in [0, 0.1) is 5.82 Å². The number of halogens is 1. The third-order valence-electron chi connectivity index (χ3n) is 4.81. The molecule has 3 rings (SSSR count). The highest BCUT2D eigenvalue weighted by Crippen LogP contribution is 2.22. The molecule has 2 fully saturated rings. The van der Waals surface area contributed by atoms with E-state index in [4.69, 9.17) is 5.73 Å². The van der Waals surface area contributed by atoms with Crippen molar-refractivity contribution in [1.29, 1.82) is 0 Å². The summed E-state index contributed by atoms with van der Waals surface area (Å²) in [6.45, 7) is 6.01. The van der Waals surface area contributed by atoms with Crippen molar-refractivity contribution in [1.82, 2.24) is 9.80 Å². The first-order valence-electron chi connectivity index (χ1n) is 8.19. The molecule has 2 aliphatic heterocycles. The Labute approximate surface area is 126 Å². The second-order valence-electron chi connectivity index (χ2n) is 6.45. The number of benzene rings is 1. The van der Waals surface area contributed by atoms with Crippen molar-refractivity contribution < 1.29 is 4.39 Å². The number of hydrogen-bond donors (Lipinski definition) is 1. The van der Waals surface area contributed by atoms with E-state index in [2.05, 4.69) is 9.80 Å². The molecule has 2 N–H and O–H groups in total. The Morgan fingerprint density at radius 1 is 1.05 bits per heavy atom. The summed E-state index contributed by atoms with van der Waals surface area (Å²) in [5.41, 5.74) is 7.56. The summed E-state index contributed by atoms with van der Waals surface area (Å²) in [7, 11) is 0. The molecular formula is C17H26FN3. The highest BCUT2D eigenvalue weighted by atomic mass is 19.1. The van der Waals surface area contributed by atoms with E-state index in [9.17, 15) is 4.39 Å². The second kappa shape index (κ2) is 6.86. The van der Waals surface area contributed by atoms with Gasteiger partial charge in [-0.3, -0.25) is 9.80 Å². The Kier molecular flexibility index (Phi) is 4.88. The molecule has 1 atom stereocenters. The van der Waals surface area contributed by atoms with Crippen LogP contribution in [0.5, 0.6) is 0 Å². The van der Waals surface area contributed by atoms with E-state index in [0.29, 0.717) is 12.6 Å². The highest BCUT2D eigenvalue weighted by molar-refractivity contribution is 5.24. The van der Waals surface area contributed by atoms with E-state index in [-0.39, 0.29) is 5.82 Å². The number of piperidine rings is 1. The summed E-state index contributed by atoms with van der Waals surface area (Å²) in [6, 6.07) is 5.92.